The molecule has 0 unspecified atom stereocenters. The fourth-order valence-electron chi connectivity index (χ4n) is 2.15. The quantitative estimate of drug-likeness (QED) is 0.845. The maximum atomic E-state index is 13.4. The molecule has 98 valence electrons. The number of rotatable bonds is 2. The molecule has 0 bridgehead atoms. The molecule has 5 heteroatoms. The van der Waals surface area contributed by atoms with E-state index in [2.05, 4.69) is 10.6 Å². The van der Waals surface area contributed by atoms with Crippen molar-refractivity contribution in [2.75, 3.05) is 25.5 Å². The molecule has 4 nitrogen and oxygen atoms in total. The SMILES string of the molecule is CN[C@@H]1CCCN(C(=O)Nc2ccccc2F)C1. The molecule has 2 amide bonds. The molecule has 1 aromatic rings. The molecule has 0 spiro atoms. The van der Waals surface area contributed by atoms with Gasteiger partial charge in [0.05, 0.1) is 5.69 Å². The van der Waals surface area contributed by atoms with Crippen LogP contribution in [0.15, 0.2) is 24.3 Å². The summed E-state index contributed by atoms with van der Waals surface area (Å²) in [7, 11) is 1.89. The monoisotopic (exact) mass is 251 g/mol. The van der Waals surface area contributed by atoms with Gasteiger partial charge in [-0.05, 0) is 32.0 Å². The zero-order chi connectivity index (χ0) is 13.0. The van der Waals surface area contributed by atoms with Gasteiger partial charge in [-0.3, -0.25) is 0 Å². The fraction of sp³-hybridized carbons (Fsp3) is 0.462. The first-order valence-corrected chi connectivity index (χ1v) is 6.18. The number of hydrogen-bond donors (Lipinski definition) is 2. The molecule has 1 aliphatic heterocycles. The van der Waals surface area contributed by atoms with Gasteiger partial charge >= 0.3 is 6.03 Å². The number of likely N-dealkylation sites (N-methyl/N-ethyl adjacent to an activating group) is 1. The number of nitrogens with zero attached hydrogens (tertiary/aromatic N) is 1. The van der Waals surface area contributed by atoms with Crippen molar-refractivity contribution in [1.29, 1.82) is 0 Å². The molecule has 1 heterocycles. The minimum Gasteiger partial charge on any atom is -0.323 e. The Balaban J connectivity index is 1.97. The van der Waals surface area contributed by atoms with Gasteiger partial charge in [0.1, 0.15) is 5.82 Å². The van der Waals surface area contributed by atoms with Gasteiger partial charge in [0, 0.05) is 19.1 Å². The van der Waals surface area contributed by atoms with E-state index in [0.717, 1.165) is 19.4 Å². The van der Waals surface area contributed by atoms with E-state index in [1.807, 2.05) is 7.05 Å². The zero-order valence-corrected chi connectivity index (χ0v) is 10.4. The predicted molar refractivity (Wildman–Crippen MR) is 69.1 cm³/mol. The van der Waals surface area contributed by atoms with Crippen molar-refractivity contribution in [3.05, 3.63) is 30.1 Å². The zero-order valence-electron chi connectivity index (χ0n) is 10.4. The molecule has 0 aromatic heterocycles. The molecule has 2 rings (SSSR count). The molecule has 1 fully saturated rings. The van der Waals surface area contributed by atoms with Crippen molar-refractivity contribution in [2.24, 2.45) is 0 Å². The number of carbonyl (C=O) groups is 1. The molecule has 2 N–H and O–H groups in total. The lowest BCUT2D eigenvalue weighted by Gasteiger charge is -2.32. The number of anilines is 1. The highest BCUT2D eigenvalue weighted by atomic mass is 19.1. The summed E-state index contributed by atoms with van der Waals surface area (Å²) in [6, 6.07) is 6.29. The summed E-state index contributed by atoms with van der Waals surface area (Å²) in [5.74, 6) is -0.409. The molecule has 1 aromatic carbocycles. The standard InChI is InChI=1S/C13H18FN3O/c1-15-10-5-4-8-17(9-10)13(18)16-12-7-3-2-6-11(12)14/h2-3,6-7,10,15H,4-5,8-9H2,1H3,(H,16,18)/t10-/m1/s1. The van der Waals surface area contributed by atoms with Gasteiger partial charge in [0.2, 0.25) is 0 Å². The van der Waals surface area contributed by atoms with E-state index in [1.54, 1.807) is 23.1 Å². The van der Waals surface area contributed by atoms with Gasteiger partial charge in [-0.25, -0.2) is 9.18 Å². The number of halogens is 1. The Morgan fingerprint density at radius 3 is 2.94 bits per heavy atom. The van der Waals surface area contributed by atoms with Gasteiger partial charge < -0.3 is 15.5 Å². The van der Waals surface area contributed by atoms with Gasteiger partial charge in [0.25, 0.3) is 0 Å². The molecule has 0 aliphatic carbocycles. The molecule has 1 aliphatic rings. The van der Waals surface area contributed by atoms with Crippen LogP contribution in [0.4, 0.5) is 14.9 Å². The van der Waals surface area contributed by atoms with Crippen LogP contribution in [0.5, 0.6) is 0 Å². The highest BCUT2D eigenvalue weighted by Gasteiger charge is 2.22. The van der Waals surface area contributed by atoms with Gasteiger partial charge in [0.15, 0.2) is 0 Å². The number of piperidine rings is 1. The number of benzene rings is 1. The van der Waals surface area contributed by atoms with Crippen LogP contribution in [-0.2, 0) is 0 Å². The molecule has 18 heavy (non-hydrogen) atoms. The summed E-state index contributed by atoms with van der Waals surface area (Å²) in [4.78, 5) is 13.7. The Kier molecular flexibility index (Phi) is 4.15. The number of nitrogens with one attached hydrogen (secondary N) is 2. The second-order valence-electron chi connectivity index (χ2n) is 4.48. The molecular formula is C13H18FN3O. The van der Waals surface area contributed by atoms with Gasteiger partial charge in [-0.15, -0.1) is 0 Å². The van der Waals surface area contributed by atoms with E-state index in [0.29, 0.717) is 12.6 Å². The van der Waals surface area contributed by atoms with E-state index in [9.17, 15) is 9.18 Å². The molecule has 1 saturated heterocycles. The smallest absolute Gasteiger partial charge is 0.321 e. The third-order valence-corrected chi connectivity index (χ3v) is 3.23. The van der Waals surface area contributed by atoms with E-state index in [-0.39, 0.29) is 11.7 Å². The lowest BCUT2D eigenvalue weighted by molar-refractivity contribution is 0.187. The number of hydrogen-bond acceptors (Lipinski definition) is 2. The lowest BCUT2D eigenvalue weighted by atomic mass is 10.1. The van der Waals surface area contributed by atoms with Crippen LogP contribution >= 0.6 is 0 Å². The number of para-hydroxylation sites is 1. The first kappa shape index (κ1) is 12.8. The largest absolute Gasteiger partial charge is 0.323 e. The molecular weight excluding hydrogens is 233 g/mol. The second kappa shape index (κ2) is 5.82. The lowest BCUT2D eigenvalue weighted by Crippen LogP contribution is -2.48. The van der Waals surface area contributed by atoms with Gasteiger partial charge in [-0.2, -0.15) is 0 Å². The normalized spacial score (nSPS) is 19.7. The summed E-state index contributed by atoms with van der Waals surface area (Å²) in [6.07, 6.45) is 2.04. The number of likely N-dealkylation sites (tertiary alicyclic amines) is 1. The van der Waals surface area contributed by atoms with Crippen LogP contribution < -0.4 is 10.6 Å². The van der Waals surface area contributed by atoms with E-state index in [1.165, 1.54) is 6.07 Å². The van der Waals surface area contributed by atoms with E-state index in [4.69, 9.17) is 0 Å². The Morgan fingerprint density at radius 2 is 2.22 bits per heavy atom. The topological polar surface area (TPSA) is 44.4 Å². The van der Waals surface area contributed by atoms with Crippen LogP contribution in [-0.4, -0.2) is 37.1 Å². The summed E-state index contributed by atoms with van der Waals surface area (Å²) in [6.45, 7) is 1.38. The average molecular weight is 251 g/mol. The van der Waals surface area contributed by atoms with Crippen molar-refractivity contribution < 1.29 is 9.18 Å². The second-order valence-corrected chi connectivity index (χ2v) is 4.48. The highest BCUT2D eigenvalue weighted by Crippen LogP contribution is 2.15. The summed E-state index contributed by atoms with van der Waals surface area (Å²) in [5, 5.41) is 5.78. The minimum absolute atomic E-state index is 0.231. The first-order valence-electron chi connectivity index (χ1n) is 6.18. The number of amides is 2. The highest BCUT2D eigenvalue weighted by molar-refractivity contribution is 5.89. The third-order valence-electron chi connectivity index (χ3n) is 3.23. The van der Waals surface area contributed by atoms with Crippen molar-refractivity contribution >= 4 is 11.7 Å². The van der Waals surface area contributed by atoms with Crippen molar-refractivity contribution in [2.45, 2.75) is 18.9 Å². The summed E-state index contributed by atoms with van der Waals surface area (Å²) >= 11 is 0. The Bertz CT molecular complexity index is 424. The van der Waals surface area contributed by atoms with E-state index >= 15 is 0 Å². The number of carbonyl (C=O) groups excluding carboxylic acids is 1. The third kappa shape index (κ3) is 2.98. The Labute approximate surface area is 106 Å². The first-order chi connectivity index (χ1) is 8.70. The van der Waals surface area contributed by atoms with Crippen LogP contribution in [0, 0.1) is 5.82 Å². The van der Waals surface area contributed by atoms with Crippen molar-refractivity contribution in [1.82, 2.24) is 10.2 Å². The average Bonchev–Trinajstić information content (AvgIpc) is 2.41. The Morgan fingerprint density at radius 1 is 1.44 bits per heavy atom. The van der Waals surface area contributed by atoms with Crippen LogP contribution in [0.3, 0.4) is 0 Å². The summed E-state index contributed by atoms with van der Waals surface area (Å²) < 4.78 is 13.4. The number of urea groups is 1. The van der Waals surface area contributed by atoms with E-state index < -0.39 is 5.82 Å². The minimum atomic E-state index is -0.409. The van der Waals surface area contributed by atoms with Crippen LogP contribution in [0.1, 0.15) is 12.8 Å². The van der Waals surface area contributed by atoms with Crippen molar-refractivity contribution in [3.63, 3.8) is 0 Å². The van der Waals surface area contributed by atoms with Crippen LogP contribution in [0.2, 0.25) is 0 Å². The maximum Gasteiger partial charge on any atom is 0.321 e. The maximum absolute atomic E-state index is 13.4. The van der Waals surface area contributed by atoms with Crippen molar-refractivity contribution in [3.8, 4) is 0 Å². The predicted octanol–water partition coefficient (Wildman–Crippen LogP) is 2.04. The van der Waals surface area contributed by atoms with Gasteiger partial charge in [-0.1, -0.05) is 12.1 Å². The fourth-order valence-corrected chi connectivity index (χ4v) is 2.15. The molecule has 1 atom stereocenters. The molecule has 0 radical (unpaired) electrons. The summed E-state index contributed by atoms with van der Waals surface area (Å²) in [5.41, 5.74) is 0.231. The Hall–Kier alpha value is -1.62. The molecule has 0 saturated carbocycles. The van der Waals surface area contributed by atoms with Crippen LogP contribution in [0.25, 0.3) is 0 Å².